The minimum Gasteiger partial charge on any atom is -0.392 e. The van der Waals surface area contributed by atoms with E-state index in [-0.39, 0.29) is 6.61 Å². The van der Waals surface area contributed by atoms with Crippen LogP contribution < -0.4 is 0 Å². The summed E-state index contributed by atoms with van der Waals surface area (Å²) in [6, 6.07) is 9.74. The Hall–Kier alpha value is -1.94. The van der Waals surface area contributed by atoms with Crippen LogP contribution in [0.3, 0.4) is 0 Å². The highest BCUT2D eigenvalue weighted by Crippen LogP contribution is 2.17. The number of aromatic nitrogens is 3. The van der Waals surface area contributed by atoms with Gasteiger partial charge in [0.25, 0.3) is 0 Å². The normalized spacial score (nSPS) is 11.3. The van der Waals surface area contributed by atoms with Gasteiger partial charge in [0.2, 0.25) is 0 Å². The second-order valence-corrected chi connectivity index (χ2v) is 3.44. The fourth-order valence-electron chi connectivity index (χ4n) is 1.76. The van der Waals surface area contributed by atoms with Gasteiger partial charge in [0.05, 0.1) is 12.1 Å². The Kier molecular flexibility index (Phi) is 1.69. The summed E-state index contributed by atoms with van der Waals surface area (Å²) >= 11 is 0. The van der Waals surface area contributed by atoms with E-state index in [1.165, 1.54) is 0 Å². The molecular weight excluding hydrogens is 190 g/mol. The number of benzene rings is 1. The van der Waals surface area contributed by atoms with Crippen LogP contribution in [0.15, 0.2) is 36.7 Å². The first-order valence-corrected chi connectivity index (χ1v) is 4.71. The molecule has 0 aliphatic heterocycles. The summed E-state index contributed by atoms with van der Waals surface area (Å²) in [6.07, 6.45) is 1.69. The number of pyridine rings is 1. The Morgan fingerprint density at radius 2 is 2.13 bits per heavy atom. The van der Waals surface area contributed by atoms with Crippen LogP contribution in [0.4, 0.5) is 0 Å². The molecule has 0 bridgehead atoms. The molecule has 15 heavy (non-hydrogen) atoms. The number of aliphatic hydroxyl groups excluding tert-OH is 1. The van der Waals surface area contributed by atoms with Crippen molar-refractivity contribution in [3.63, 3.8) is 0 Å². The lowest BCUT2D eigenvalue weighted by Crippen LogP contribution is -1.89. The molecule has 0 spiro atoms. The van der Waals surface area contributed by atoms with Gasteiger partial charge in [-0.3, -0.25) is 4.40 Å². The maximum Gasteiger partial charge on any atom is 0.161 e. The van der Waals surface area contributed by atoms with Crippen molar-refractivity contribution in [1.29, 1.82) is 0 Å². The van der Waals surface area contributed by atoms with Crippen molar-refractivity contribution in [3.8, 4) is 0 Å². The Balaban J connectivity index is 2.44. The van der Waals surface area contributed by atoms with E-state index in [0.29, 0.717) is 0 Å². The predicted octanol–water partition coefficient (Wildman–Crippen LogP) is 1.37. The maximum absolute atomic E-state index is 9.04. The molecule has 0 fully saturated rings. The highest BCUT2D eigenvalue weighted by Gasteiger charge is 2.01. The van der Waals surface area contributed by atoms with Crippen molar-refractivity contribution in [2.75, 3.05) is 0 Å². The van der Waals surface area contributed by atoms with Crippen LogP contribution in [0.2, 0.25) is 0 Å². The van der Waals surface area contributed by atoms with Gasteiger partial charge in [-0.05, 0) is 35.2 Å². The second-order valence-electron chi connectivity index (χ2n) is 3.44. The molecule has 4 nitrogen and oxygen atoms in total. The van der Waals surface area contributed by atoms with Crippen molar-refractivity contribution < 1.29 is 5.11 Å². The molecule has 0 saturated heterocycles. The molecule has 2 aromatic heterocycles. The summed E-state index contributed by atoms with van der Waals surface area (Å²) in [6.45, 7) is 0.0656. The average molecular weight is 199 g/mol. The minimum absolute atomic E-state index is 0.0656. The van der Waals surface area contributed by atoms with Crippen LogP contribution >= 0.6 is 0 Å². The molecule has 0 aliphatic rings. The Labute approximate surface area is 85.8 Å². The summed E-state index contributed by atoms with van der Waals surface area (Å²) < 4.78 is 1.93. The summed E-state index contributed by atoms with van der Waals surface area (Å²) in [5, 5.41) is 17.9. The lowest BCUT2D eigenvalue weighted by Gasteiger charge is -2.02. The largest absolute Gasteiger partial charge is 0.392 e. The van der Waals surface area contributed by atoms with Crippen molar-refractivity contribution in [2.24, 2.45) is 0 Å². The zero-order valence-corrected chi connectivity index (χ0v) is 7.96. The van der Waals surface area contributed by atoms with E-state index >= 15 is 0 Å². The van der Waals surface area contributed by atoms with Crippen molar-refractivity contribution in [3.05, 3.63) is 42.2 Å². The van der Waals surface area contributed by atoms with Crippen LogP contribution in [-0.2, 0) is 6.61 Å². The summed E-state index contributed by atoms with van der Waals surface area (Å²) in [5.74, 6) is 0. The predicted molar refractivity (Wildman–Crippen MR) is 56.4 cm³/mol. The number of aliphatic hydroxyl groups is 1. The zero-order chi connectivity index (χ0) is 10.3. The molecule has 0 radical (unpaired) electrons. The third-order valence-corrected chi connectivity index (χ3v) is 2.52. The van der Waals surface area contributed by atoms with Gasteiger partial charge in [-0.1, -0.05) is 6.07 Å². The number of hydrogen-bond acceptors (Lipinski definition) is 3. The first-order chi connectivity index (χ1) is 7.38. The molecule has 4 heteroatoms. The van der Waals surface area contributed by atoms with Gasteiger partial charge in [-0.25, -0.2) is 0 Å². The molecule has 3 rings (SSSR count). The fraction of sp³-hybridized carbons (Fsp3) is 0.0909. The molecule has 0 unspecified atom stereocenters. The topological polar surface area (TPSA) is 50.4 Å². The fourth-order valence-corrected chi connectivity index (χ4v) is 1.76. The summed E-state index contributed by atoms with van der Waals surface area (Å²) in [7, 11) is 0. The van der Waals surface area contributed by atoms with E-state index in [4.69, 9.17) is 5.11 Å². The lowest BCUT2D eigenvalue weighted by atomic mass is 10.1. The molecule has 0 amide bonds. The Bertz CT molecular complexity index is 630. The van der Waals surface area contributed by atoms with Gasteiger partial charge in [0.15, 0.2) is 5.65 Å². The standard InChI is InChI=1S/C11H9N3O/c15-6-8-1-3-10-9(5-8)2-4-11-13-12-7-14(10)11/h1-5,7,15H,6H2. The molecule has 1 aromatic carbocycles. The quantitative estimate of drug-likeness (QED) is 0.644. The molecular formula is C11H9N3O. The van der Waals surface area contributed by atoms with Crippen LogP contribution in [-0.4, -0.2) is 19.7 Å². The van der Waals surface area contributed by atoms with Crippen LogP contribution in [0.25, 0.3) is 16.6 Å². The SMILES string of the molecule is OCc1ccc2c(ccc3nncn32)c1. The molecule has 0 saturated carbocycles. The number of nitrogens with zero attached hydrogens (tertiary/aromatic N) is 3. The Morgan fingerprint density at radius 1 is 1.20 bits per heavy atom. The third kappa shape index (κ3) is 1.19. The maximum atomic E-state index is 9.04. The summed E-state index contributed by atoms with van der Waals surface area (Å²) in [4.78, 5) is 0. The van der Waals surface area contributed by atoms with Gasteiger partial charge < -0.3 is 5.11 Å². The monoisotopic (exact) mass is 199 g/mol. The molecule has 0 aliphatic carbocycles. The smallest absolute Gasteiger partial charge is 0.161 e. The zero-order valence-electron chi connectivity index (χ0n) is 7.96. The molecule has 2 heterocycles. The minimum atomic E-state index is 0.0656. The Morgan fingerprint density at radius 3 is 3.00 bits per heavy atom. The van der Waals surface area contributed by atoms with Gasteiger partial charge in [0, 0.05) is 0 Å². The number of fused-ring (bicyclic) bond motifs is 3. The van der Waals surface area contributed by atoms with Crippen LogP contribution in [0.5, 0.6) is 0 Å². The van der Waals surface area contributed by atoms with Crippen molar-refractivity contribution >= 4 is 16.6 Å². The van der Waals surface area contributed by atoms with E-state index in [9.17, 15) is 0 Å². The van der Waals surface area contributed by atoms with Gasteiger partial charge in [0.1, 0.15) is 6.33 Å². The second kappa shape index (κ2) is 3.03. The van der Waals surface area contributed by atoms with E-state index < -0.39 is 0 Å². The highest BCUT2D eigenvalue weighted by molar-refractivity contribution is 5.82. The third-order valence-electron chi connectivity index (χ3n) is 2.52. The van der Waals surface area contributed by atoms with Gasteiger partial charge in [-0.2, -0.15) is 0 Å². The van der Waals surface area contributed by atoms with Gasteiger partial charge in [-0.15, -0.1) is 10.2 Å². The van der Waals surface area contributed by atoms with E-state index in [1.54, 1.807) is 6.33 Å². The first kappa shape index (κ1) is 8.38. The van der Waals surface area contributed by atoms with E-state index in [2.05, 4.69) is 10.2 Å². The van der Waals surface area contributed by atoms with E-state index in [1.807, 2.05) is 34.7 Å². The number of hydrogen-bond donors (Lipinski definition) is 1. The highest BCUT2D eigenvalue weighted by atomic mass is 16.3. The first-order valence-electron chi connectivity index (χ1n) is 4.71. The van der Waals surface area contributed by atoms with E-state index in [0.717, 1.165) is 22.1 Å². The molecule has 1 N–H and O–H groups in total. The van der Waals surface area contributed by atoms with Crippen LogP contribution in [0.1, 0.15) is 5.56 Å². The van der Waals surface area contributed by atoms with Gasteiger partial charge >= 0.3 is 0 Å². The number of rotatable bonds is 1. The van der Waals surface area contributed by atoms with Crippen molar-refractivity contribution in [2.45, 2.75) is 6.61 Å². The van der Waals surface area contributed by atoms with Crippen LogP contribution in [0, 0.1) is 0 Å². The summed E-state index contributed by atoms with van der Waals surface area (Å²) in [5.41, 5.74) is 2.80. The van der Waals surface area contributed by atoms with Crippen molar-refractivity contribution in [1.82, 2.24) is 14.6 Å². The lowest BCUT2D eigenvalue weighted by molar-refractivity contribution is 0.282. The molecule has 0 atom stereocenters. The molecule has 74 valence electrons. The molecule has 3 aromatic rings. The average Bonchev–Trinajstić information content (AvgIpc) is 2.76.